The van der Waals surface area contributed by atoms with Crippen molar-refractivity contribution in [3.63, 3.8) is 0 Å². The number of hydrogen-bond donors (Lipinski definition) is 2. The molecule has 8 rings (SSSR count). The van der Waals surface area contributed by atoms with Gasteiger partial charge in [-0.1, -0.05) is 55.8 Å². The molecule has 256 valence electrons. The van der Waals surface area contributed by atoms with Crippen molar-refractivity contribution in [3.8, 4) is 17.3 Å². The number of aromatic nitrogens is 6. The lowest BCUT2D eigenvalue weighted by atomic mass is 10.0. The fourth-order valence-corrected chi connectivity index (χ4v) is 7.39. The molecule has 3 aromatic carbocycles. The smallest absolute Gasteiger partial charge is 0.319 e. The van der Waals surface area contributed by atoms with Crippen LogP contribution in [-0.4, -0.2) is 66.8 Å². The van der Waals surface area contributed by atoms with Gasteiger partial charge < -0.3 is 20.3 Å². The number of benzene rings is 3. The van der Waals surface area contributed by atoms with Gasteiger partial charge in [0.05, 0.1) is 5.39 Å². The highest BCUT2D eigenvalue weighted by molar-refractivity contribution is 7.97. The molecule has 14 heteroatoms. The van der Waals surface area contributed by atoms with Crippen LogP contribution >= 0.6 is 23.5 Å². The van der Waals surface area contributed by atoms with Crippen molar-refractivity contribution in [1.82, 2.24) is 34.4 Å². The minimum absolute atomic E-state index is 0.0611. The number of anilines is 2. The predicted octanol–water partition coefficient (Wildman–Crippen LogP) is 7.08. The molecule has 0 saturated carbocycles. The second-order valence-corrected chi connectivity index (χ2v) is 13.3. The van der Waals surface area contributed by atoms with Crippen LogP contribution in [0.2, 0.25) is 5.02 Å². The Kier molecular flexibility index (Phi) is 9.79. The van der Waals surface area contributed by atoms with Crippen molar-refractivity contribution in [1.29, 1.82) is 0 Å². The van der Waals surface area contributed by atoms with Crippen molar-refractivity contribution in [2.45, 2.75) is 50.6 Å². The molecule has 2 unspecified atom stereocenters. The average Bonchev–Trinajstić information content (AvgIpc) is 3.71. The van der Waals surface area contributed by atoms with Gasteiger partial charge in [0.2, 0.25) is 0 Å². The standard InChI is InChI=1S/C34H29ClFN9O2S.C2H6/c1-19-38-18-45(43-19)48-24-12-10-21(11-13-24)40-28(46)17-47-34-41-32-26(33(42-34)44-15-22-8-9-23(16-44)39-22)14-37-31(30(32)36)25-6-2-4-20-5-3-7-27(35)29(20)25;1-2/h2-7,10-14,18,22-23,39H,8-9,15-17H2,1H3,(H,40,46);1-2H3. The summed E-state index contributed by atoms with van der Waals surface area (Å²) in [6, 6.07) is 19.0. The van der Waals surface area contributed by atoms with E-state index in [1.54, 1.807) is 40.9 Å². The fourth-order valence-electron chi connectivity index (χ4n) is 6.38. The summed E-state index contributed by atoms with van der Waals surface area (Å²) in [5.41, 5.74) is 1.33. The monoisotopic (exact) mass is 711 g/mol. The molecule has 2 atom stereocenters. The summed E-state index contributed by atoms with van der Waals surface area (Å²) in [5, 5.41) is 13.3. The SMILES string of the molecule is CC.Cc1ncn(Sc2ccc(NC(=O)COc3nc(N4CC5CCC(C4)N5)c4cnc(-c5cccc6cccc(Cl)c56)c(F)c4n3)cc2)n1. The van der Waals surface area contributed by atoms with Gasteiger partial charge in [0.15, 0.2) is 12.4 Å². The molecule has 2 aliphatic rings. The summed E-state index contributed by atoms with van der Waals surface area (Å²) in [5.74, 6) is 0.186. The Balaban J connectivity index is 0.00000193. The number of carbonyl (C=O) groups is 1. The molecule has 2 fully saturated rings. The first-order valence-electron chi connectivity index (χ1n) is 16.5. The summed E-state index contributed by atoms with van der Waals surface area (Å²) >= 11 is 7.99. The third-order valence-electron chi connectivity index (χ3n) is 8.52. The molecule has 11 nitrogen and oxygen atoms in total. The van der Waals surface area contributed by atoms with Crippen LogP contribution in [0.3, 0.4) is 0 Å². The van der Waals surface area contributed by atoms with E-state index in [1.165, 1.54) is 11.9 Å². The summed E-state index contributed by atoms with van der Waals surface area (Å²) in [6.07, 6.45) is 5.38. The third-order valence-corrected chi connectivity index (χ3v) is 9.69. The average molecular weight is 712 g/mol. The normalized spacial score (nSPS) is 16.7. The van der Waals surface area contributed by atoms with Crippen LogP contribution in [0.4, 0.5) is 15.9 Å². The van der Waals surface area contributed by atoms with E-state index >= 15 is 4.39 Å². The molecule has 2 saturated heterocycles. The van der Waals surface area contributed by atoms with Crippen LogP contribution < -0.4 is 20.3 Å². The van der Waals surface area contributed by atoms with Crippen molar-refractivity contribution in [3.05, 3.63) is 89.9 Å². The van der Waals surface area contributed by atoms with Gasteiger partial charge in [-0.05, 0) is 55.5 Å². The molecule has 1 amide bonds. The molecule has 50 heavy (non-hydrogen) atoms. The van der Waals surface area contributed by atoms with E-state index in [9.17, 15) is 4.79 Å². The third kappa shape index (κ3) is 6.93. The van der Waals surface area contributed by atoms with E-state index in [0.717, 1.165) is 23.1 Å². The second-order valence-electron chi connectivity index (χ2n) is 11.8. The summed E-state index contributed by atoms with van der Waals surface area (Å²) in [6.45, 7) is 6.86. The lowest BCUT2D eigenvalue weighted by Crippen LogP contribution is -2.51. The number of piperazine rings is 1. The number of nitrogens with one attached hydrogen (secondary N) is 2. The fraction of sp³-hybridized carbons (Fsp3) is 0.278. The zero-order chi connectivity index (χ0) is 34.8. The molecule has 0 aliphatic carbocycles. The highest BCUT2D eigenvalue weighted by atomic mass is 35.5. The maximum Gasteiger partial charge on any atom is 0.319 e. The van der Waals surface area contributed by atoms with Gasteiger partial charge in [-0.15, -0.1) is 5.10 Å². The zero-order valence-electron chi connectivity index (χ0n) is 27.7. The first-order valence-corrected chi connectivity index (χ1v) is 17.7. The maximum absolute atomic E-state index is 16.6. The Bertz CT molecular complexity index is 2160. The number of rotatable bonds is 8. The van der Waals surface area contributed by atoms with E-state index in [1.807, 2.05) is 57.2 Å². The Morgan fingerprint density at radius 2 is 1.78 bits per heavy atom. The molecular formula is C36H35ClFN9O2S. The van der Waals surface area contributed by atoms with Crippen molar-refractivity contribution in [2.24, 2.45) is 0 Å². The lowest BCUT2D eigenvalue weighted by molar-refractivity contribution is -0.118. The van der Waals surface area contributed by atoms with Crippen LogP contribution in [0.25, 0.3) is 32.9 Å². The minimum Gasteiger partial charge on any atom is -0.453 e. The van der Waals surface area contributed by atoms with E-state index in [-0.39, 0.29) is 23.8 Å². The highest BCUT2D eigenvalue weighted by Gasteiger charge is 2.34. The second kappa shape index (κ2) is 14.6. The number of aryl methyl sites for hydroxylation is 1. The molecule has 5 heterocycles. The number of carbonyl (C=O) groups excluding carboxylic acids is 1. The maximum atomic E-state index is 16.6. The van der Waals surface area contributed by atoms with Crippen LogP contribution in [0.15, 0.2) is 78.1 Å². The number of amides is 1. The van der Waals surface area contributed by atoms with Gasteiger partial charge in [0.1, 0.15) is 29.2 Å². The molecule has 0 radical (unpaired) electrons. The quantitative estimate of drug-likeness (QED) is 0.169. The van der Waals surface area contributed by atoms with Crippen LogP contribution in [-0.2, 0) is 4.79 Å². The Morgan fingerprint density at radius 1 is 1.04 bits per heavy atom. The van der Waals surface area contributed by atoms with Gasteiger partial charge in [0, 0.05) is 69.9 Å². The number of halogens is 2. The minimum atomic E-state index is -0.616. The predicted molar refractivity (Wildman–Crippen MR) is 195 cm³/mol. The van der Waals surface area contributed by atoms with Crippen molar-refractivity contribution >= 4 is 62.6 Å². The van der Waals surface area contributed by atoms with Gasteiger partial charge in [-0.2, -0.15) is 14.1 Å². The van der Waals surface area contributed by atoms with Crippen LogP contribution in [0.5, 0.6) is 6.01 Å². The van der Waals surface area contributed by atoms with Crippen LogP contribution in [0.1, 0.15) is 32.5 Å². The van der Waals surface area contributed by atoms with E-state index < -0.39 is 11.7 Å². The van der Waals surface area contributed by atoms with E-state index in [0.29, 0.717) is 63.9 Å². The number of pyridine rings is 1. The Morgan fingerprint density at radius 3 is 2.50 bits per heavy atom. The molecule has 6 aromatic rings. The summed E-state index contributed by atoms with van der Waals surface area (Å²) in [7, 11) is 0. The first-order chi connectivity index (χ1) is 24.4. The number of ether oxygens (including phenoxy) is 1. The van der Waals surface area contributed by atoms with Crippen molar-refractivity contribution in [2.75, 3.05) is 29.9 Å². The van der Waals surface area contributed by atoms with Gasteiger partial charge in [-0.25, -0.2) is 9.37 Å². The number of nitrogens with zero attached hydrogens (tertiary/aromatic N) is 7. The Labute approximate surface area is 297 Å². The van der Waals surface area contributed by atoms with Crippen molar-refractivity contribution < 1.29 is 13.9 Å². The van der Waals surface area contributed by atoms with Gasteiger partial charge in [-0.3, -0.25) is 9.78 Å². The Hall–Kier alpha value is -4.85. The first kappa shape index (κ1) is 33.6. The summed E-state index contributed by atoms with van der Waals surface area (Å²) in [4.78, 5) is 33.9. The topological polar surface area (TPSA) is 123 Å². The molecule has 0 spiro atoms. The number of hydrogen-bond acceptors (Lipinski definition) is 10. The van der Waals surface area contributed by atoms with Crippen LogP contribution in [0, 0.1) is 12.7 Å². The molecular weight excluding hydrogens is 677 g/mol. The molecule has 2 aliphatic heterocycles. The van der Waals surface area contributed by atoms with Gasteiger partial charge >= 0.3 is 6.01 Å². The number of fused-ring (bicyclic) bond motifs is 4. The summed E-state index contributed by atoms with van der Waals surface area (Å²) < 4.78 is 24.1. The zero-order valence-corrected chi connectivity index (χ0v) is 29.3. The lowest BCUT2D eigenvalue weighted by Gasteiger charge is -2.34. The molecule has 3 aromatic heterocycles. The van der Waals surface area contributed by atoms with E-state index in [4.69, 9.17) is 21.3 Å². The largest absolute Gasteiger partial charge is 0.453 e. The van der Waals surface area contributed by atoms with Gasteiger partial charge in [0.25, 0.3) is 5.91 Å². The molecule has 2 bridgehead atoms. The highest BCUT2D eigenvalue weighted by Crippen LogP contribution is 2.38. The van der Waals surface area contributed by atoms with E-state index in [2.05, 4.69) is 35.6 Å². The molecule has 2 N–H and O–H groups in total.